The summed E-state index contributed by atoms with van der Waals surface area (Å²) < 4.78 is 0. The van der Waals surface area contributed by atoms with Gasteiger partial charge in [-0.2, -0.15) is 5.11 Å². The van der Waals surface area contributed by atoms with E-state index in [9.17, 15) is 9.90 Å². The van der Waals surface area contributed by atoms with E-state index in [4.69, 9.17) is 23.2 Å². The molecular formula is C26H18Cl2N4O2. The second-order valence-corrected chi connectivity index (χ2v) is 7.95. The van der Waals surface area contributed by atoms with E-state index in [0.29, 0.717) is 43.9 Å². The molecule has 0 saturated heterocycles. The van der Waals surface area contributed by atoms with Gasteiger partial charge in [0.2, 0.25) is 0 Å². The van der Waals surface area contributed by atoms with Crippen molar-refractivity contribution < 1.29 is 9.90 Å². The van der Waals surface area contributed by atoms with Crippen LogP contribution in [0.5, 0.6) is 5.75 Å². The lowest BCUT2D eigenvalue weighted by molar-refractivity contribution is 0.102. The van der Waals surface area contributed by atoms with Gasteiger partial charge in [-0.3, -0.25) is 9.79 Å². The summed E-state index contributed by atoms with van der Waals surface area (Å²) >= 11 is 12.2. The number of hydrogen-bond donors (Lipinski definition) is 2. The minimum absolute atomic E-state index is 0.0450. The number of benzene rings is 4. The average Bonchev–Trinajstić information content (AvgIpc) is 2.84. The molecule has 0 unspecified atom stereocenters. The zero-order chi connectivity index (χ0) is 23.9. The topological polar surface area (TPSA) is 86.4 Å². The molecule has 8 heteroatoms. The molecule has 0 aliphatic rings. The summed E-state index contributed by atoms with van der Waals surface area (Å²) in [5.74, 6) is -0.274. The Morgan fingerprint density at radius 1 is 0.794 bits per heavy atom. The van der Waals surface area contributed by atoms with Crippen molar-refractivity contribution in [2.24, 2.45) is 15.2 Å². The molecule has 2 N–H and O–H groups in total. The molecular weight excluding hydrogens is 471 g/mol. The summed E-state index contributed by atoms with van der Waals surface area (Å²) in [4.78, 5) is 16.9. The van der Waals surface area contributed by atoms with Gasteiger partial charge in [0.15, 0.2) is 0 Å². The van der Waals surface area contributed by atoms with Gasteiger partial charge < -0.3 is 10.4 Å². The molecule has 0 aliphatic heterocycles. The first kappa shape index (κ1) is 23.2. The maximum absolute atomic E-state index is 12.5. The van der Waals surface area contributed by atoms with Crippen molar-refractivity contribution >= 4 is 58.1 Å². The standard InChI is InChI=1S/C26H18Cl2N4O2/c27-22-9-2-1-8-21(22)26(34)30-19-7-5-6-18(15-19)29-16-17-14-20(12-13-25(17)33)31-32-24-11-4-3-10-23(24)28/h1-16,33H,(H,30,34). The molecule has 0 heterocycles. The highest BCUT2D eigenvalue weighted by Gasteiger charge is 2.10. The normalized spacial score (nSPS) is 11.2. The number of amides is 1. The van der Waals surface area contributed by atoms with Crippen LogP contribution in [0.2, 0.25) is 10.0 Å². The third-order valence-electron chi connectivity index (χ3n) is 4.71. The summed E-state index contributed by atoms with van der Waals surface area (Å²) in [5.41, 5.74) is 3.06. The van der Waals surface area contributed by atoms with Crippen molar-refractivity contribution in [2.75, 3.05) is 5.32 Å². The van der Waals surface area contributed by atoms with E-state index in [1.807, 2.05) is 12.1 Å². The van der Waals surface area contributed by atoms with Gasteiger partial charge in [-0.25, -0.2) is 0 Å². The van der Waals surface area contributed by atoms with Gasteiger partial charge in [0.25, 0.3) is 5.91 Å². The second-order valence-electron chi connectivity index (χ2n) is 7.14. The number of phenolic OH excluding ortho intramolecular Hbond substituents is 1. The number of nitrogens with zero attached hydrogens (tertiary/aromatic N) is 3. The zero-order valence-corrected chi connectivity index (χ0v) is 19.2. The molecule has 4 aromatic carbocycles. The van der Waals surface area contributed by atoms with Crippen molar-refractivity contribution in [3.63, 3.8) is 0 Å². The molecule has 0 saturated carbocycles. The molecule has 4 rings (SSSR count). The maximum Gasteiger partial charge on any atom is 0.257 e. The van der Waals surface area contributed by atoms with Gasteiger partial charge in [-0.15, -0.1) is 5.11 Å². The Balaban J connectivity index is 1.50. The second kappa shape index (κ2) is 10.7. The van der Waals surface area contributed by atoms with Crippen molar-refractivity contribution in [1.29, 1.82) is 0 Å². The summed E-state index contributed by atoms with van der Waals surface area (Å²) in [6.45, 7) is 0. The van der Waals surface area contributed by atoms with E-state index in [1.165, 1.54) is 12.3 Å². The van der Waals surface area contributed by atoms with E-state index in [2.05, 4.69) is 20.5 Å². The smallest absolute Gasteiger partial charge is 0.257 e. The monoisotopic (exact) mass is 488 g/mol. The van der Waals surface area contributed by atoms with Gasteiger partial charge in [-0.05, 0) is 60.7 Å². The Kier molecular flexibility index (Phi) is 7.32. The fourth-order valence-electron chi connectivity index (χ4n) is 3.00. The minimum Gasteiger partial charge on any atom is -0.507 e. The highest BCUT2D eigenvalue weighted by Crippen LogP contribution is 2.28. The van der Waals surface area contributed by atoms with Crippen molar-refractivity contribution in [2.45, 2.75) is 0 Å². The van der Waals surface area contributed by atoms with Crippen molar-refractivity contribution in [3.8, 4) is 5.75 Å². The lowest BCUT2D eigenvalue weighted by Gasteiger charge is -2.07. The van der Waals surface area contributed by atoms with Crippen molar-refractivity contribution in [1.82, 2.24) is 0 Å². The highest BCUT2D eigenvalue weighted by molar-refractivity contribution is 6.34. The molecule has 0 atom stereocenters. The fraction of sp³-hybridized carbons (Fsp3) is 0. The number of aliphatic imine (C=N–C) groups is 1. The van der Waals surface area contributed by atoms with Gasteiger partial charge >= 0.3 is 0 Å². The third kappa shape index (κ3) is 5.86. The Morgan fingerprint density at radius 3 is 2.35 bits per heavy atom. The van der Waals surface area contributed by atoms with Crippen LogP contribution < -0.4 is 5.32 Å². The minimum atomic E-state index is -0.319. The molecule has 1 amide bonds. The van der Waals surface area contributed by atoms with Crippen LogP contribution in [0, 0.1) is 0 Å². The van der Waals surface area contributed by atoms with Crippen LogP contribution in [0.1, 0.15) is 15.9 Å². The number of carbonyl (C=O) groups excluding carboxylic acids is 1. The predicted molar refractivity (Wildman–Crippen MR) is 137 cm³/mol. The van der Waals surface area contributed by atoms with Crippen LogP contribution in [0.25, 0.3) is 0 Å². The first-order valence-corrected chi connectivity index (χ1v) is 10.9. The first-order chi connectivity index (χ1) is 16.5. The molecule has 0 bridgehead atoms. The van der Waals surface area contributed by atoms with E-state index in [1.54, 1.807) is 72.8 Å². The highest BCUT2D eigenvalue weighted by atomic mass is 35.5. The van der Waals surface area contributed by atoms with Crippen molar-refractivity contribution in [3.05, 3.63) is 112 Å². The number of aromatic hydroxyl groups is 1. The first-order valence-electron chi connectivity index (χ1n) is 10.2. The summed E-state index contributed by atoms with van der Waals surface area (Å²) in [6, 6.07) is 25.8. The molecule has 0 spiro atoms. The predicted octanol–water partition coefficient (Wildman–Crippen LogP) is 8.12. The summed E-state index contributed by atoms with van der Waals surface area (Å²) in [6.07, 6.45) is 1.51. The molecule has 34 heavy (non-hydrogen) atoms. The largest absolute Gasteiger partial charge is 0.507 e. The molecule has 4 aromatic rings. The fourth-order valence-corrected chi connectivity index (χ4v) is 3.40. The van der Waals surface area contributed by atoms with E-state index >= 15 is 0 Å². The molecule has 0 radical (unpaired) electrons. The number of carbonyl (C=O) groups is 1. The van der Waals surface area contributed by atoms with Gasteiger partial charge in [-0.1, -0.05) is 53.5 Å². The lowest BCUT2D eigenvalue weighted by atomic mass is 10.2. The van der Waals surface area contributed by atoms with Crippen LogP contribution in [0.4, 0.5) is 22.7 Å². The third-order valence-corrected chi connectivity index (χ3v) is 5.36. The number of nitrogens with one attached hydrogen (secondary N) is 1. The summed E-state index contributed by atoms with van der Waals surface area (Å²) in [7, 11) is 0. The SMILES string of the molecule is O=C(Nc1cccc(N=Cc2cc(N=Nc3ccccc3Cl)ccc2O)c1)c1ccccc1Cl. The average molecular weight is 489 g/mol. The van der Waals surface area contributed by atoms with Crippen LogP contribution >= 0.6 is 23.2 Å². The van der Waals surface area contributed by atoms with Gasteiger partial charge in [0.1, 0.15) is 11.4 Å². The Bertz CT molecular complexity index is 1400. The number of halogens is 2. The number of hydrogen-bond acceptors (Lipinski definition) is 5. The van der Waals surface area contributed by atoms with E-state index < -0.39 is 0 Å². The van der Waals surface area contributed by atoms with Crippen LogP contribution in [-0.2, 0) is 0 Å². The van der Waals surface area contributed by atoms with Crippen LogP contribution in [-0.4, -0.2) is 17.2 Å². The Labute approximate surface area is 206 Å². The maximum atomic E-state index is 12.5. The molecule has 0 aromatic heterocycles. The van der Waals surface area contributed by atoms with Gasteiger partial charge in [0, 0.05) is 17.5 Å². The van der Waals surface area contributed by atoms with Gasteiger partial charge in [0.05, 0.1) is 27.0 Å². The number of azo groups is 1. The zero-order valence-electron chi connectivity index (χ0n) is 17.7. The molecule has 168 valence electrons. The number of phenols is 1. The molecule has 6 nitrogen and oxygen atoms in total. The van der Waals surface area contributed by atoms with Crippen LogP contribution in [0.15, 0.2) is 106 Å². The molecule has 0 fully saturated rings. The Hall–Kier alpha value is -4.00. The van der Waals surface area contributed by atoms with Crippen LogP contribution in [0.3, 0.4) is 0 Å². The van der Waals surface area contributed by atoms with E-state index in [-0.39, 0.29) is 11.7 Å². The number of rotatable bonds is 6. The van der Waals surface area contributed by atoms with E-state index in [0.717, 1.165) is 0 Å². The quantitative estimate of drug-likeness (QED) is 0.212. The molecule has 0 aliphatic carbocycles. The summed E-state index contributed by atoms with van der Waals surface area (Å²) in [5, 5.41) is 22.2. The Morgan fingerprint density at radius 2 is 1.56 bits per heavy atom. The lowest BCUT2D eigenvalue weighted by Crippen LogP contribution is -2.12. The number of anilines is 1.